The number of hydrogen-bond acceptors (Lipinski definition) is 12. The van der Waals surface area contributed by atoms with Gasteiger partial charge in [-0.25, -0.2) is 4.79 Å². The summed E-state index contributed by atoms with van der Waals surface area (Å²) in [6.45, 7) is 8.53. The predicted octanol–water partition coefficient (Wildman–Crippen LogP) is 3.66. The molecule has 0 aliphatic carbocycles. The molecule has 0 unspecified atom stereocenters. The molecular weight excluding hydrogens is 660 g/mol. The van der Waals surface area contributed by atoms with Crippen molar-refractivity contribution < 1.29 is 53.4 Å². The molecule has 13 nitrogen and oxygen atoms in total. The summed E-state index contributed by atoms with van der Waals surface area (Å²) >= 11 is 0. The monoisotopic (exact) mass is 716 g/mol. The normalized spacial score (nSPS) is 36.0. The Morgan fingerprint density at radius 3 is 2.37 bits per heavy atom. The summed E-state index contributed by atoms with van der Waals surface area (Å²) in [5.74, 6) is -3.45. The minimum atomic E-state index is -1.31. The molecule has 0 radical (unpaired) electrons. The first kappa shape index (κ1) is 42.0. The summed E-state index contributed by atoms with van der Waals surface area (Å²) in [4.78, 5) is 53.0. The number of aliphatic hydroxyl groups excluding tert-OH is 3. The molecule has 1 fully saturated rings. The lowest BCUT2D eigenvalue weighted by Crippen LogP contribution is -2.63. The number of likely N-dealkylation sites (N-methyl/N-ethyl adjacent to an activating group) is 1. The van der Waals surface area contributed by atoms with Gasteiger partial charge in [0.2, 0.25) is 0 Å². The van der Waals surface area contributed by atoms with Crippen LogP contribution < -0.4 is 5.32 Å². The molecule has 12 atom stereocenters. The summed E-state index contributed by atoms with van der Waals surface area (Å²) in [6, 6.07) is 8.07. The van der Waals surface area contributed by atoms with E-state index in [9.17, 15) is 34.5 Å². The van der Waals surface area contributed by atoms with Crippen molar-refractivity contribution in [2.24, 2.45) is 23.7 Å². The lowest BCUT2D eigenvalue weighted by atomic mass is 9.79. The Morgan fingerprint density at radius 1 is 1.06 bits per heavy atom. The Hall–Kier alpha value is -3.46. The number of nitrogens with one attached hydrogen (secondary N) is 1. The fourth-order valence-electron chi connectivity index (χ4n) is 6.76. The third kappa shape index (κ3) is 12.0. The van der Waals surface area contributed by atoms with Gasteiger partial charge in [-0.3, -0.25) is 14.9 Å². The fraction of sp³-hybridized carbons (Fsp3) is 0.632. The van der Waals surface area contributed by atoms with E-state index in [1.165, 1.54) is 6.08 Å². The largest absolute Gasteiger partial charge is 0.462 e. The highest BCUT2D eigenvalue weighted by atomic mass is 16.7. The highest BCUT2D eigenvalue weighted by Crippen LogP contribution is 2.34. The van der Waals surface area contributed by atoms with E-state index in [-0.39, 0.29) is 25.2 Å². The van der Waals surface area contributed by atoms with Crippen LogP contribution in [-0.4, -0.2) is 114 Å². The number of carbonyl (C=O) groups excluding carboxylic acids is 4. The minimum absolute atomic E-state index is 0.0258. The van der Waals surface area contributed by atoms with E-state index in [0.717, 1.165) is 0 Å². The Kier molecular flexibility index (Phi) is 16.4. The lowest BCUT2D eigenvalue weighted by Gasteiger charge is -2.46. The van der Waals surface area contributed by atoms with Crippen molar-refractivity contribution in [2.75, 3.05) is 26.0 Å². The first-order valence-electron chi connectivity index (χ1n) is 17.7. The average molecular weight is 717 g/mol. The maximum Gasteiger partial charge on any atom is 0.411 e. The number of amides is 1. The number of ether oxygens (including phenoxy) is 4. The van der Waals surface area contributed by atoms with Gasteiger partial charge in [0, 0.05) is 29.9 Å². The zero-order valence-corrected chi connectivity index (χ0v) is 30.7. The second kappa shape index (κ2) is 20.0. The van der Waals surface area contributed by atoms with Crippen molar-refractivity contribution in [3.8, 4) is 0 Å². The van der Waals surface area contributed by atoms with E-state index in [1.807, 2.05) is 13.0 Å². The van der Waals surface area contributed by atoms with Gasteiger partial charge in [-0.15, -0.1) is 0 Å². The molecule has 2 heterocycles. The van der Waals surface area contributed by atoms with Crippen molar-refractivity contribution >= 4 is 29.8 Å². The summed E-state index contributed by atoms with van der Waals surface area (Å²) in [5, 5.41) is 36.1. The van der Waals surface area contributed by atoms with Gasteiger partial charge in [-0.2, -0.15) is 0 Å². The number of ketones is 1. The van der Waals surface area contributed by atoms with Crippen LogP contribution in [0.2, 0.25) is 0 Å². The Balaban J connectivity index is 1.93. The molecule has 2 aliphatic heterocycles. The number of para-hydroxylation sites is 1. The van der Waals surface area contributed by atoms with Crippen LogP contribution in [0.25, 0.3) is 0 Å². The third-order valence-corrected chi connectivity index (χ3v) is 9.78. The second-order valence-corrected chi connectivity index (χ2v) is 14.0. The Bertz CT molecular complexity index is 1350. The number of carbonyl (C=O) groups is 4. The number of aliphatic hydroxyl groups is 3. The standard InChI is InChI=1S/C38H56N2O11/c1-8-31-27(21-48-38(47)39-28-12-10-9-11-13-28)18-22(2)14-15-29(42)23(3)19-26(16-17-41)36(24(4)30(43)20-32(44)50-31)51-37-35(46)33(40(6)7)34(45)25(5)49-37/h9-15,17-18,23-27,30-31,33-37,43,45-46H,8,16,19-21H2,1-7H3,(H,39,47)/b15-14+,22-18+/t23-,24+,25-,26+,27-,30-,31-,33+,34-,35-,36-,37+/m1/s1. The number of anilines is 1. The molecule has 1 amide bonds. The van der Waals surface area contributed by atoms with Crippen molar-refractivity contribution in [1.29, 1.82) is 0 Å². The second-order valence-electron chi connectivity index (χ2n) is 14.0. The van der Waals surface area contributed by atoms with E-state index >= 15 is 0 Å². The fourth-order valence-corrected chi connectivity index (χ4v) is 6.76. The smallest absolute Gasteiger partial charge is 0.411 e. The molecule has 0 spiro atoms. The molecule has 2 aliphatic rings. The van der Waals surface area contributed by atoms with Crippen molar-refractivity contribution in [1.82, 2.24) is 4.90 Å². The first-order valence-corrected chi connectivity index (χ1v) is 17.7. The number of aldehydes is 1. The van der Waals surface area contributed by atoms with Crippen molar-refractivity contribution in [2.45, 2.75) is 109 Å². The third-order valence-electron chi connectivity index (χ3n) is 9.78. The quantitative estimate of drug-likeness (QED) is 0.216. The summed E-state index contributed by atoms with van der Waals surface area (Å²) in [5.41, 5.74) is 1.22. The van der Waals surface area contributed by atoms with E-state index < -0.39 is 91.1 Å². The zero-order chi connectivity index (χ0) is 37.8. The molecule has 3 rings (SSSR count). The Morgan fingerprint density at radius 2 is 1.75 bits per heavy atom. The highest BCUT2D eigenvalue weighted by Gasteiger charge is 2.47. The number of esters is 1. The molecule has 51 heavy (non-hydrogen) atoms. The minimum Gasteiger partial charge on any atom is -0.462 e. The van der Waals surface area contributed by atoms with Gasteiger partial charge >= 0.3 is 12.1 Å². The van der Waals surface area contributed by atoms with Crippen LogP contribution in [0.5, 0.6) is 0 Å². The van der Waals surface area contributed by atoms with E-state index in [2.05, 4.69) is 5.32 Å². The van der Waals surface area contributed by atoms with Crippen LogP contribution in [0.4, 0.5) is 10.5 Å². The van der Waals surface area contributed by atoms with Gasteiger partial charge in [0.05, 0.1) is 36.9 Å². The van der Waals surface area contributed by atoms with Gasteiger partial charge in [0.25, 0.3) is 0 Å². The van der Waals surface area contributed by atoms with Crippen LogP contribution in [-0.2, 0) is 33.3 Å². The van der Waals surface area contributed by atoms with Crippen LogP contribution in [0.3, 0.4) is 0 Å². The SMILES string of the molecule is CC[C@H]1OC(=O)C[C@@H](O)[C@H](C)[C@@H](O[C@@H]2O[C@H](C)[C@@H](O)[C@H](N(C)C)[C@H]2O)[C@@H](CC=O)C[C@@H](C)C(=O)/C=C/C(C)=C/[C@@H]1COC(=O)Nc1ccccc1. The molecule has 0 aromatic heterocycles. The number of nitrogens with zero attached hydrogens (tertiary/aromatic N) is 1. The lowest BCUT2D eigenvalue weighted by molar-refractivity contribution is -0.304. The topological polar surface area (TPSA) is 181 Å². The molecule has 0 bridgehead atoms. The van der Waals surface area contributed by atoms with Crippen LogP contribution in [0.15, 0.2) is 54.1 Å². The molecule has 284 valence electrons. The summed E-state index contributed by atoms with van der Waals surface area (Å²) in [7, 11) is 3.42. The van der Waals surface area contributed by atoms with Crippen LogP contribution in [0.1, 0.15) is 60.3 Å². The molecule has 13 heteroatoms. The van der Waals surface area contributed by atoms with E-state index in [1.54, 1.807) is 83.1 Å². The van der Waals surface area contributed by atoms with Gasteiger partial charge in [-0.1, -0.05) is 56.7 Å². The summed E-state index contributed by atoms with van der Waals surface area (Å²) in [6.07, 6.45) is -2.29. The first-order chi connectivity index (χ1) is 24.2. The van der Waals surface area contributed by atoms with Gasteiger partial charge in [-0.05, 0) is 64.9 Å². The molecule has 1 aromatic carbocycles. The van der Waals surface area contributed by atoms with Crippen LogP contribution in [0, 0.1) is 23.7 Å². The number of cyclic esters (lactones) is 1. The Labute approximate surface area is 301 Å². The van der Waals surface area contributed by atoms with Gasteiger partial charge in [0.15, 0.2) is 12.1 Å². The van der Waals surface area contributed by atoms with Crippen LogP contribution >= 0.6 is 0 Å². The molecular formula is C38H56N2O11. The molecule has 1 saturated heterocycles. The average Bonchev–Trinajstić information content (AvgIpc) is 3.08. The van der Waals surface area contributed by atoms with Gasteiger partial charge in [0.1, 0.15) is 25.1 Å². The van der Waals surface area contributed by atoms with E-state index in [0.29, 0.717) is 24.0 Å². The molecule has 0 saturated carbocycles. The predicted molar refractivity (Wildman–Crippen MR) is 189 cm³/mol. The number of rotatable bonds is 9. The number of allylic oxidation sites excluding steroid dienone is 3. The highest BCUT2D eigenvalue weighted by molar-refractivity contribution is 5.91. The molecule has 4 N–H and O–H groups in total. The van der Waals surface area contributed by atoms with Crippen molar-refractivity contribution in [3.63, 3.8) is 0 Å². The van der Waals surface area contributed by atoms with Crippen molar-refractivity contribution in [3.05, 3.63) is 54.1 Å². The number of hydrogen-bond donors (Lipinski definition) is 4. The molecule has 1 aromatic rings. The number of benzene rings is 1. The maximum absolute atomic E-state index is 13.4. The summed E-state index contributed by atoms with van der Waals surface area (Å²) < 4.78 is 23.7. The van der Waals surface area contributed by atoms with E-state index in [4.69, 9.17) is 18.9 Å². The zero-order valence-electron chi connectivity index (χ0n) is 30.7. The maximum atomic E-state index is 13.4. The van der Waals surface area contributed by atoms with Gasteiger partial charge < -0.3 is 44.0 Å².